The molecular weight excluding hydrogens is 338 g/mol. The minimum atomic E-state index is -4.06. The number of nitrogens with one attached hydrogen (secondary N) is 1. The summed E-state index contributed by atoms with van der Waals surface area (Å²) in [4.78, 5) is 23.1. The number of hydrogen-bond donors (Lipinski definition) is 1. The maximum absolute atomic E-state index is 12.2. The summed E-state index contributed by atoms with van der Waals surface area (Å²) >= 11 is 0. The molecule has 0 heterocycles. The first-order chi connectivity index (χ1) is 11.2. The molecule has 1 rings (SSSR count). The van der Waals surface area contributed by atoms with E-state index in [1.54, 1.807) is 14.1 Å². The first-order valence-electron chi connectivity index (χ1n) is 7.30. The SMILES string of the molecule is CCCCOC(=O)CNS(=O)(=O)c1ccc(N(C)C)c([N+](=O)[O-])c1. The molecule has 0 atom stereocenters. The smallest absolute Gasteiger partial charge is 0.321 e. The molecule has 0 unspecified atom stereocenters. The van der Waals surface area contributed by atoms with E-state index in [2.05, 4.69) is 4.72 Å². The zero-order valence-electron chi connectivity index (χ0n) is 13.8. The van der Waals surface area contributed by atoms with Gasteiger partial charge in [0.2, 0.25) is 10.0 Å². The van der Waals surface area contributed by atoms with Gasteiger partial charge in [0.1, 0.15) is 12.2 Å². The normalized spacial score (nSPS) is 11.1. The van der Waals surface area contributed by atoms with Crippen LogP contribution in [0.15, 0.2) is 23.1 Å². The molecule has 134 valence electrons. The second-order valence-electron chi connectivity index (χ2n) is 5.20. The first kappa shape index (κ1) is 19.8. The monoisotopic (exact) mass is 359 g/mol. The van der Waals surface area contributed by atoms with Gasteiger partial charge in [0.05, 0.1) is 16.4 Å². The van der Waals surface area contributed by atoms with Crippen molar-refractivity contribution in [3.63, 3.8) is 0 Å². The lowest BCUT2D eigenvalue weighted by Gasteiger charge is -2.13. The summed E-state index contributed by atoms with van der Waals surface area (Å²) in [5.41, 5.74) is -0.0636. The topological polar surface area (TPSA) is 119 Å². The van der Waals surface area contributed by atoms with Crippen LogP contribution in [-0.2, 0) is 19.6 Å². The Balaban J connectivity index is 2.89. The molecule has 0 aliphatic carbocycles. The van der Waals surface area contributed by atoms with E-state index in [1.807, 2.05) is 6.92 Å². The van der Waals surface area contributed by atoms with Crippen LogP contribution in [0.25, 0.3) is 0 Å². The number of ether oxygens (including phenoxy) is 1. The molecule has 0 bridgehead atoms. The maximum Gasteiger partial charge on any atom is 0.321 e. The second-order valence-corrected chi connectivity index (χ2v) is 6.97. The van der Waals surface area contributed by atoms with Crippen LogP contribution in [0, 0.1) is 10.1 Å². The highest BCUT2D eigenvalue weighted by molar-refractivity contribution is 7.89. The highest BCUT2D eigenvalue weighted by Gasteiger charge is 2.23. The van der Waals surface area contributed by atoms with Gasteiger partial charge >= 0.3 is 5.97 Å². The third-order valence-corrected chi connectivity index (χ3v) is 4.50. The number of esters is 1. The van der Waals surface area contributed by atoms with Crippen LogP contribution in [0.1, 0.15) is 19.8 Å². The third-order valence-electron chi connectivity index (χ3n) is 3.10. The van der Waals surface area contributed by atoms with Gasteiger partial charge in [-0.25, -0.2) is 8.42 Å². The highest BCUT2D eigenvalue weighted by Crippen LogP contribution is 2.29. The average molecular weight is 359 g/mol. The van der Waals surface area contributed by atoms with Crippen LogP contribution >= 0.6 is 0 Å². The van der Waals surface area contributed by atoms with Crippen molar-refractivity contribution in [2.45, 2.75) is 24.7 Å². The molecule has 0 saturated heterocycles. The van der Waals surface area contributed by atoms with E-state index >= 15 is 0 Å². The van der Waals surface area contributed by atoms with Gasteiger partial charge in [0, 0.05) is 20.2 Å². The summed E-state index contributed by atoms with van der Waals surface area (Å²) in [5, 5.41) is 11.1. The third kappa shape index (κ3) is 5.46. The number of anilines is 1. The number of carbonyl (C=O) groups is 1. The van der Waals surface area contributed by atoms with Crippen molar-refractivity contribution < 1.29 is 22.9 Å². The molecule has 1 aromatic carbocycles. The zero-order chi connectivity index (χ0) is 18.3. The fourth-order valence-electron chi connectivity index (χ4n) is 1.81. The van der Waals surface area contributed by atoms with E-state index in [4.69, 9.17) is 4.74 Å². The fourth-order valence-corrected chi connectivity index (χ4v) is 2.80. The number of rotatable bonds is 9. The van der Waals surface area contributed by atoms with Gasteiger partial charge in [-0.3, -0.25) is 14.9 Å². The quantitative estimate of drug-likeness (QED) is 0.305. The van der Waals surface area contributed by atoms with Crippen LogP contribution in [0.2, 0.25) is 0 Å². The molecule has 0 aliphatic rings. The summed E-state index contributed by atoms with van der Waals surface area (Å²) in [7, 11) is -0.834. The molecule has 10 heteroatoms. The zero-order valence-corrected chi connectivity index (χ0v) is 14.6. The van der Waals surface area contributed by atoms with E-state index in [0.717, 1.165) is 12.5 Å². The minimum absolute atomic E-state index is 0.222. The van der Waals surface area contributed by atoms with Gasteiger partial charge in [-0.1, -0.05) is 13.3 Å². The van der Waals surface area contributed by atoms with Gasteiger partial charge in [-0.05, 0) is 18.6 Å². The first-order valence-corrected chi connectivity index (χ1v) is 8.78. The molecule has 0 amide bonds. The molecule has 1 N–H and O–H groups in total. The second kappa shape index (κ2) is 8.60. The van der Waals surface area contributed by atoms with E-state index < -0.39 is 27.5 Å². The predicted octanol–water partition coefficient (Wildman–Crippen LogP) is 1.28. The molecular formula is C14H21N3O6S. The Kier molecular flexibility index (Phi) is 7.11. The molecule has 24 heavy (non-hydrogen) atoms. The number of nitro groups is 1. The van der Waals surface area contributed by atoms with Gasteiger partial charge in [-0.2, -0.15) is 4.72 Å². The van der Waals surface area contributed by atoms with E-state index in [0.29, 0.717) is 6.42 Å². The summed E-state index contributed by atoms with van der Waals surface area (Å²) in [6.45, 7) is 1.62. The number of hydrogen-bond acceptors (Lipinski definition) is 7. The van der Waals surface area contributed by atoms with Crippen LogP contribution < -0.4 is 9.62 Å². The van der Waals surface area contributed by atoms with Crippen molar-refractivity contribution in [2.24, 2.45) is 0 Å². The Labute approximate surface area is 140 Å². The summed E-state index contributed by atoms with van der Waals surface area (Å²) in [5.74, 6) is -0.702. The van der Waals surface area contributed by atoms with E-state index in [-0.39, 0.29) is 22.9 Å². The number of sulfonamides is 1. The maximum atomic E-state index is 12.2. The number of nitrogens with zero attached hydrogens (tertiary/aromatic N) is 2. The number of unbranched alkanes of at least 4 members (excludes halogenated alkanes) is 1. The number of nitro benzene ring substituents is 1. The van der Waals surface area contributed by atoms with Crippen molar-refractivity contribution in [1.82, 2.24) is 4.72 Å². The number of benzene rings is 1. The van der Waals surface area contributed by atoms with Crippen LogP contribution in [0.4, 0.5) is 11.4 Å². The predicted molar refractivity (Wildman–Crippen MR) is 88.5 cm³/mol. The summed E-state index contributed by atoms with van der Waals surface area (Å²) in [6.07, 6.45) is 1.54. The Morgan fingerprint density at radius 2 is 2.04 bits per heavy atom. The van der Waals surface area contributed by atoms with Crippen LogP contribution in [0.5, 0.6) is 0 Å². The molecule has 0 radical (unpaired) electrons. The molecule has 1 aromatic rings. The largest absolute Gasteiger partial charge is 0.465 e. The van der Waals surface area contributed by atoms with Gasteiger partial charge in [-0.15, -0.1) is 0 Å². The van der Waals surface area contributed by atoms with Crippen LogP contribution in [-0.4, -0.2) is 46.6 Å². The fraction of sp³-hybridized carbons (Fsp3) is 0.500. The van der Waals surface area contributed by atoms with E-state index in [1.165, 1.54) is 17.0 Å². The summed E-state index contributed by atoms with van der Waals surface area (Å²) < 4.78 is 31.3. The molecule has 0 aromatic heterocycles. The van der Waals surface area contributed by atoms with Gasteiger partial charge < -0.3 is 9.64 Å². The average Bonchev–Trinajstić information content (AvgIpc) is 2.52. The minimum Gasteiger partial charge on any atom is -0.465 e. The van der Waals surface area contributed by atoms with Crippen molar-refractivity contribution in [1.29, 1.82) is 0 Å². The lowest BCUT2D eigenvalue weighted by molar-refractivity contribution is -0.384. The van der Waals surface area contributed by atoms with Gasteiger partial charge in [0.25, 0.3) is 5.69 Å². The Hall–Kier alpha value is -2.20. The summed E-state index contributed by atoms with van der Waals surface area (Å²) in [6, 6.07) is 3.54. The Morgan fingerprint density at radius 1 is 1.38 bits per heavy atom. The Morgan fingerprint density at radius 3 is 2.58 bits per heavy atom. The lowest BCUT2D eigenvalue weighted by Crippen LogP contribution is -2.31. The van der Waals surface area contributed by atoms with Crippen molar-refractivity contribution >= 4 is 27.4 Å². The van der Waals surface area contributed by atoms with Crippen LogP contribution in [0.3, 0.4) is 0 Å². The number of carbonyl (C=O) groups excluding carboxylic acids is 1. The lowest BCUT2D eigenvalue weighted by atomic mass is 10.2. The van der Waals surface area contributed by atoms with E-state index in [9.17, 15) is 23.3 Å². The standard InChI is InChI=1S/C14H21N3O6S/c1-4-5-8-23-14(18)10-15-24(21,22)11-6-7-12(16(2)3)13(9-11)17(19)20/h6-7,9,15H,4-5,8,10H2,1-3H3. The molecule has 0 aliphatic heterocycles. The van der Waals surface area contributed by atoms with Crippen molar-refractivity contribution in [3.8, 4) is 0 Å². The Bertz CT molecular complexity index is 702. The molecule has 9 nitrogen and oxygen atoms in total. The van der Waals surface area contributed by atoms with Gasteiger partial charge in [0.15, 0.2) is 0 Å². The molecule has 0 fully saturated rings. The highest BCUT2D eigenvalue weighted by atomic mass is 32.2. The molecule has 0 saturated carbocycles. The van der Waals surface area contributed by atoms with Crippen molar-refractivity contribution in [2.75, 3.05) is 32.1 Å². The van der Waals surface area contributed by atoms with Crippen molar-refractivity contribution in [3.05, 3.63) is 28.3 Å². The molecule has 0 spiro atoms.